The van der Waals surface area contributed by atoms with Crippen LogP contribution in [-0.4, -0.2) is 37.3 Å². The molecule has 114 valence electrons. The van der Waals surface area contributed by atoms with E-state index < -0.39 is 16.7 Å². The quantitative estimate of drug-likeness (QED) is 0.508. The molecule has 7 nitrogen and oxygen atoms in total. The number of aryl methyl sites for hydroxylation is 1. The van der Waals surface area contributed by atoms with Crippen molar-refractivity contribution >= 4 is 17.3 Å². The Balaban J connectivity index is 2.42. The van der Waals surface area contributed by atoms with Gasteiger partial charge in [0.25, 0.3) is 5.69 Å². The van der Waals surface area contributed by atoms with Gasteiger partial charge in [0.15, 0.2) is 11.5 Å². The van der Waals surface area contributed by atoms with Crippen LogP contribution in [0.5, 0.6) is 0 Å². The first-order chi connectivity index (χ1) is 9.95. The van der Waals surface area contributed by atoms with Crippen LogP contribution in [0.4, 0.5) is 15.8 Å². The Morgan fingerprint density at radius 1 is 1.67 bits per heavy atom. The van der Waals surface area contributed by atoms with E-state index in [-0.39, 0.29) is 35.2 Å². The number of nitrogens with one attached hydrogen (secondary N) is 1. The molecule has 1 saturated heterocycles. The number of halogens is 1. The lowest BCUT2D eigenvalue weighted by Gasteiger charge is -2.27. The Hall–Kier alpha value is -2.22. The second kappa shape index (κ2) is 6.04. The third-order valence-corrected chi connectivity index (χ3v) is 3.31. The average molecular weight is 298 g/mol. The third-order valence-electron chi connectivity index (χ3n) is 3.31. The molecule has 1 atom stereocenters. The number of carbonyl (C=O) groups excluding carboxylic acids is 1. The lowest BCUT2D eigenvalue weighted by atomic mass is 10.1. The van der Waals surface area contributed by atoms with Crippen molar-refractivity contribution in [3.63, 3.8) is 0 Å². The molecular weight excluding hydrogens is 283 g/mol. The highest BCUT2D eigenvalue weighted by Crippen LogP contribution is 2.34. The van der Waals surface area contributed by atoms with Crippen molar-refractivity contribution in [2.75, 3.05) is 25.6 Å². The van der Waals surface area contributed by atoms with Gasteiger partial charge in [0.05, 0.1) is 23.7 Å². The molecule has 1 fully saturated rings. The molecule has 1 aliphatic rings. The SMILES string of the molecule is COC(=O)c1cc(C)c([N+](=O)[O-])c(NC[C@@H]2CCO2)c1F. The molecule has 0 aromatic heterocycles. The Bertz CT molecular complexity index is 586. The summed E-state index contributed by atoms with van der Waals surface area (Å²) in [5.74, 6) is -1.87. The maximum absolute atomic E-state index is 14.4. The van der Waals surface area contributed by atoms with Crippen LogP contribution < -0.4 is 5.32 Å². The second-order valence-electron chi connectivity index (χ2n) is 4.69. The second-order valence-corrected chi connectivity index (χ2v) is 4.69. The summed E-state index contributed by atoms with van der Waals surface area (Å²) >= 11 is 0. The number of ether oxygens (including phenoxy) is 2. The van der Waals surface area contributed by atoms with Gasteiger partial charge in [0.2, 0.25) is 0 Å². The average Bonchev–Trinajstić information content (AvgIpc) is 2.38. The molecule has 0 spiro atoms. The molecule has 8 heteroatoms. The maximum atomic E-state index is 14.4. The zero-order valence-electron chi connectivity index (χ0n) is 11.6. The summed E-state index contributed by atoms with van der Waals surface area (Å²) < 4.78 is 24.0. The number of esters is 1. The minimum atomic E-state index is -0.988. The summed E-state index contributed by atoms with van der Waals surface area (Å²) in [4.78, 5) is 22.0. The van der Waals surface area contributed by atoms with E-state index in [0.29, 0.717) is 6.61 Å². The van der Waals surface area contributed by atoms with Crippen LogP contribution >= 0.6 is 0 Å². The van der Waals surface area contributed by atoms with Crippen molar-refractivity contribution < 1.29 is 23.6 Å². The number of benzene rings is 1. The lowest BCUT2D eigenvalue weighted by molar-refractivity contribution is -0.384. The first kappa shape index (κ1) is 15.2. The van der Waals surface area contributed by atoms with Gasteiger partial charge in [-0.15, -0.1) is 0 Å². The Labute approximate surface area is 120 Å². The Morgan fingerprint density at radius 2 is 2.33 bits per heavy atom. The largest absolute Gasteiger partial charge is 0.465 e. The third kappa shape index (κ3) is 2.94. The molecule has 0 aliphatic carbocycles. The van der Waals surface area contributed by atoms with Gasteiger partial charge in [-0.1, -0.05) is 0 Å². The predicted molar refractivity (Wildman–Crippen MR) is 72.0 cm³/mol. The molecule has 1 aromatic carbocycles. The molecular formula is C13H15FN2O5. The van der Waals surface area contributed by atoms with Crippen LogP contribution in [0.3, 0.4) is 0 Å². The molecule has 0 unspecified atom stereocenters. The van der Waals surface area contributed by atoms with E-state index in [1.807, 2.05) is 0 Å². The van der Waals surface area contributed by atoms with E-state index in [9.17, 15) is 19.3 Å². The lowest BCUT2D eigenvalue weighted by Crippen LogP contribution is -2.34. The van der Waals surface area contributed by atoms with Crippen molar-refractivity contribution in [3.05, 3.63) is 33.1 Å². The molecule has 0 bridgehead atoms. The molecule has 1 aromatic rings. The number of hydrogen-bond donors (Lipinski definition) is 1. The van der Waals surface area contributed by atoms with E-state index in [1.54, 1.807) is 0 Å². The minimum absolute atomic E-state index is 0.105. The van der Waals surface area contributed by atoms with E-state index >= 15 is 0 Å². The first-order valence-corrected chi connectivity index (χ1v) is 6.37. The molecule has 1 heterocycles. The number of methoxy groups -OCH3 is 1. The fourth-order valence-corrected chi connectivity index (χ4v) is 2.10. The highest BCUT2D eigenvalue weighted by atomic mass is 19.1. The zero-order chi connectivity index (χ0) is 15.6. The van der Waals surface area contributed by atoms with Gasteiger partial charge in [-0.3, -0.25) is 10.1 Å². The van der Waals surface area contributed by atoms with E-state index in [0.717, 1.165) is 19.6 Å². The molecule has 1 aliphatic heterocycles. The van der Waals surface area contributed by atoms with Crippen molar-refractivity contribution in [3.8, 4) is 0 Å². The van der Waals surface area contributed by atoms with Crippen molar-refractivity contribution in [1.82, 2.24) is 0 Å². The van der Waals surface area contributed by atoms with Crippen molar-refractivity contribution in [2.45, 2.75) is 19.4 Å². The zero-order valence-corrected chi connectivity index (χ0v) is 11.6. The monoisotopic (exact) mass is 298 g/mol. The van der Waals surface area contributed by atoms with Gasteiger partial charge in [0.1, 0.15) is 0 Å². The number of carbonyl (C=O) groups is 1. The van der Waals surface area contributed by atoms with Crippen molar-refractivity contribution in [2.24, 2.45) is 0 Å². The van der Waals surface area contributed by atoms with Crippen LogP contribution in [0.25, 0.3) is 0 Å². The Kier molecular flexibility index (Phi) is 4.37. The highest BCUT2D eigenvalue weighted by Gasteiger charge is 2.29. The van der Waals surface area contributed by atoms with Gasteiger partial charge in [-0.25, -0.2) is 9.18 Å². The molecule has 0 saturated carbocycles. The van der Waals surface area contributed by atoms with Crippen LogP contribution in [-0.2, 0) is 9.47 Å². The van der Waals surface area contributed by atoms with E-state index in [4.69, 9.17) is 4.74 Å². The molecule has 0 radical (unpaired) electrons. The van der Waals surface area contributed by atoms with E-state index in [1.165, 1.54) is 6.92 Å². The summed E-state index contributed by atoms with van der Waals surface area (Å²) in [6, 6.07) is 1.12. The maximum Gasteiger partial charge on any atom is 0.340 e. The standard InChI is InChI=1S/C13H15FN2O5/c1-7-5-9(13(17)20-2)10(14)11(12(7)16(18)19)15-6-8-3-4-21-8/h5,8,15H,3-4,6H2,1-2H3/t8-/m0/s1. The molecule has 0 amide bonds. The summed E-state index contributed by atoms with van der Waals surface area (Å²) in [7, 11) is 1.12. The van der Waals surface area contributed by atoms with Gasteiger partial charge >= 0.3 is 5.97 Å². The fraction of sp³-hybridized carbons (Fsp3) is 0.462. The fourth-order valence-electron chi connectivity index (χ4n) is 2.10. The van der Waals surface area contributed by atoms with Gasteiger partial charge in [-0.2, -0.15) is 0 Å². The summed E-state index contributed by atoms with van der Waals surface area (Å²) in [6.07, 6.45) is 0.698. The van der Waals surface area contributed by atoms with Crippen LogP contribution in [0.1, 0.15) is 22.3 Å². The molecule has 1 N–H and O–H groups in total. The number of nitro groups is 1. The first-order valence-electron chi connectivity index (χ1n) is 6.37. The summed E-state index contributed by atoms with van der Waals surface area (Å²) in [5.41, 5.74) is -0.855. The smallest absolute Gasteiger partial charge is 0.340 e. The number of nitro benzene ring substituents is 1. The van der Waals surface area contributed by atoms with Gasteiger partial charge in [-0.05, 0) is 19.4 Å². The highest BCUT2D eigenvalue weighted by molar-refractivity contribution is 5.92. The number of rotatable bonds is 5. The van der Waals surface area contributed by atoms with Gasteiger partial charge < -0.3 is 14.8 Å². The van der Waals surface area contributed by atoms with Crippen LogP contribution in [0.15, 0.2) is 6.07 Å². The van der Waals surface area contributed by atoms with Crippen molar-refractivity contribution in [1.29, 1.82) is 0 Å². The normalized spacial score (nSPS) is 17.0. The topological polar surface area (TPSA) is 90.7 Å². The Morgan fingerprint density at radius 3 is 2.81 bits per heavy atom. The van der Waals surface area contributed by atoms with Crippen LogP contribution in [0.2, 0.25) is 0 Å². The predicted octanol–water partition coefficient (Wildman–Crippen LogP) is 2.03. The summed E-state index contributed by atoms with van der Waals surface area (Å²) in [5, 5.41) is 13.8. The molecule has 2 rings (SSSR count). The number of nitrogens with zero attached hydrogens (tertiary/aromatic N) is 1. The minimum Gasteiger partial charge on any atom is -0.465 e. The van der Waals surface area contributed by atoms with Crippen LogP contribution in [0, 0.1) is 22.9 Å². The summed E-state index contributed by atoms with van der Waals surface area (Å²) in [6.45, 7) is 2.30. The number of hydrogen-bond acceptors (Lipinski definition) is 6. The van der Waals surface area contributed by atoms with E-state index in [2.05, 4.69) is 10.1 Å². The number of anilines is 1. The van der Waals surface area contributed by atoms with Gasteiger partial charge in [0, 0.05) is 18.7 Å². The molecule has 21 heavy (non-hydrogen) atoms.